The van der Waals surface area contributed by atoms with Crippen molar-refractivity contribution in [1.82, 2.24) is 15.4 Å². The number of ether oxygens (including phenoxy) is 1. The Balaban J connectivity index is 1.24. The minimum atomic E-state index is -0.634. The molecule has 0 aliphatic rings. The first-order valence-electron chi connectivity index (χ1n) is 9.94. The molecule has 1 aromatic heterocycles. The van der Waals surface area contributed by atoms with Gasteiger partial charge in [0, 0.05) is 12.1 Å². The normalized spacial score (nSPS) is 10.9. The van der Waals surface area contributed by atoms with Gasteiger partial charge in [-0.3, -0.25) is 14.9 Å². The zero-order valence-corrected chi connectivity index (χ0v) is 18.3. The van der Waals surface area contributed by atoms with E-state index in [2.05, 4.69) is 20.5 Å². The number of hydrogen-bond acceptors (Lipinski definition) is 8. The van der Waals surface area contributed by atoms with Crippen molar-refractivity contribution < 1.29 is 19.2 Å². The van der Waals surface area contributed by atoms with Gasteiger partial charge in [-0.1, -0.05) is 23.9 Å². The molecule has 1 heterocycles. The zero-order chi connectivity index (χ0) is 23.9. The van der Waals surface area contributed by atoms with Crippen LogP contribution in [0.5, 0.6) is 5.75 Å². The third-order valence-corrected chi connectivity index (χ3v) is 5.39. The standard InChI is InChI=1S/C23H17N5O5S/c29-21(14-34-23-25-19-3-1-2-4-20(19)26-23)27-24-13-15-5-11-18(12-6-15)33-22(30)16-7-9-17(10-8-16)28(31)32/h1-13H,14H2,(H,25,26)(H,27,29)/b24-13-. The summed E-state index contributed by atoms with van der Waals surface area (Å²) in [5, 5.41) is 15.3. The Morgan fingerprint density at radius 2 is 1.82 bits per heavy atom. The van der Waals surface area contributed by atoms with Gasteiger partial charge in [-0.15, -0.1) is 0 Å². The van der Waals surface area contributed by atoms with Gasteiger partial charge in [-0.2, -0.15) is 5.10 Å². The van der Waals surface area contributed by atoms with E-state index in [1.54, 1.807) is 24.3 Å². The molecule has 34 heavy (non-hydrogen) atoms. The van der Waals surface area contributed by atoms with Gasteiger partial charge >= 0.3 is 5.97 Å². The third-order valence-electron chi connectivity index (χ3n) is 4.51. The van der Waals surface area contributed by atoms with E-state index in [1.165, 1.54) is 42.2 Å². The van der Waals surface area contributed by atoms with E-state index in [4.69, 9.17) is 4.74 Å². The highest BCUT2D eigenvalue weighted by Gasteiger charge is 2.11. The summed E-state index contributed by atoms with van der Waals surface area (Å²) in [5.41, 5.74) is 4.96. The van der Waals surface area contributed by atoms with E-state index in [0.717, 1.165) is 11.0 Å². The maximum absolute atomic E-state index is 12.2. The number of para-hydroxylation sites is 2. The molecule has 0 aliphatic carbocycles. The van der Waals surface area contributed by atoms with Crippen LogP contribution >= 0.6 is 11.8 Å². The lowest BCUT2D eigenvalue weighted by Gasteiger charge is -2.04. The fourth-order valence-electron chi connectivity index (χ4n) is 2.85. The first-order valence-corrected chi connectivity index (χ1v) is 10.9. The summed E-state index contributed by atoms with van der Waals surface area (Å²) in [5.74, 6) is -0.470. The molecular formula is C23H17N5O5S. The Morgan fingerprint density at radius 3 is 2.53 bits per heavy atom. The van der Waals surface area contributed by atoms with Gasteiger partial charge < -0.3 is 9.72 Å². The molecule has 0 saturated carbocycles. The highest BCUT2D eigenvalue weighted by atomic mass is 32.2. The van der Waals surface area contributed by atoms with Crippen molar-refractivity contribution in [3.63, 3.8) is 0 Å². The zero-order valence-electron chi connectivity index (χ0n) is 17.5. The van der Waals surface area contributed by atoms with Gasteiger partial charge in [0.25, 0.3) is 11.6 Å². The number of imidazole rings is 1. The topological polar surface area (TPSA) is 140 Å². The average Bonchev–Trinajstić information content (AvgIpc) is 3.27. The number of thioether (sulfide) groups is 1. The molecule has 0 unspecified atom stereocenters. The molecule has 170 valence electrons. The quantitative estimate of drug-likeness (QED) is 0.0982. The van der Waals surface area contributed by atoms with Crippen LogP contribution < -0.4 is 10.2 Å². The van der Waals surface area contributed by atoms with E-state index in [-0.39, 0.29) is 22.9 Å². The highest BCUT2D eigenvalue weighted by Crippen LogP contribution is 2.19. The molecule has 0 spiro atoms. The number of nitro groups is 1. The Kier molecular flexibility index (Phi) is 6.94. The van der Waals surface area contributed by atoms with E-state index < -0.39 is 10.9 Å². The predicted octanol–water partition coefficient (Wildman–Crippen LogP) is 3.93. The monoisotopic (exact) mass is 475 g/mol. The molecule has 0 fully saturated rings. The van der Waals surface area contributed by atoms with E-state index >= 15 is 0 Å². The lowest BCUT2D eigenvalue weighted by molar-refractivity contribution is -0.384. The second kappa shape index (κ2) is 10.4. The molecular weight excluding hydrogens is 458 g/mol. The molecule has 1 amide bonds. The number of benzene rings is 3. The number of hydrogen-bond donors (Lipinski definition) is 2. The van der Waals surface area contributed by atoms with Gasteiger partial charge in [-0.05, 0) is 54.1 Å². The van der Waals surface area contributed by atoms with Gasteiger partial charge in [0.2, 0.25) is 0 Å². The second-order valence-electron chi connectivity index (χ2n) is 6.90. The van der Waals surface area contributed by atoms with Crippen LogP contribution in [0.1, 0.15) is 15.9 Å². The molecule has 0 bridgehead atoms. The van der Waals surface area contributed by atoms with E-state index in [9.17, 15) is 19.7 Å². The first kappa shape index (κ1) is 22.7. The van der Waals surface area contributed by atoms with Crippen molar-refractivity contribution in [3.8, 4) is 5.75 Å². The summed E-state index contributed by atoms with van der Waals surface area (Å²) >= 11 is 1.27. The fraction of sp³-hybridized carbons (Fsp3) is 0.0435. The number of amides is 1. The van der Waals surface area contributed by atoms with Crippen LogP contribution in [-0.4, -0.2) is 38.7 Å². The molecule has 4 rings (SSSR count). The first-order chi connectivity index (χ1) is 16.5. The number of aromatic amines is 1. The number of nitrogens with one attached hydrogen (secondary N) is 2. The number of nitrogens with zero attached hydrogens (tertiary/aromatic N) is 3. The van der Waals surface area contributed by atoms with Crippen molar-refractivity contribution in [2.45, 2.75) is 5.16 Å². The van der Waals surface area contributed by atoms with Gasteiger partial charge in [-0.25, -0.2) is 15.2 Å². The van der Waals surface area contributed by atoms with Crippen molar-refractivity contribution >= 4 is 46.6 Å². The number of non-ortho nitro benzene ring substituents is 1. The largest absolute Gasteiger partial charge is 0.423 e. The molecule has 0 atom stereocenters. The minimum absolute atomic E-state index is 0.111. The summed E-state index contributed by atoms with van der Waals surface area (Å²) < 4.78 is 5.26. The Labute approximate surface area is 197 Å². The highest BCUT2D eigenvalue weighted by molar-refractivity contribution is 7.99. The third kappa shape index (κ3) is 5.84. The van der Waals surface area contributed by atoms with Crippen LogP contribution in [0.15, 0.2) is 83.1 Å². The fourth-order valence-corrected chi connectivity index (χ4v) is 3.53. The van der Waals surface area contributed by atoms with E-state index in [0.29, 0.717) is 16.5 Å². The maximum Gasteiger partial charge on any atom is 0.343 e. The molecule has 11 heteroatoms. The predicted molar refractivity (Wildman–Crippen MR) is 127 cm³/mol. The molecule has 0 aliphatic heterocycles. The Morgan fingerprint density at radius 1 is 1.09 bits per heavy atom. The van der Waals surface area contributed by atoms with Crippen molar-refractivity contribution in [2.24, 2.45) is 5.10 Å². The summed E-state index contributed by atoms with van der Waals surface area (Å²) in [7, 11) is 0. The lowest BCUT2D eigenvalue weighted by atomic mass is 10.2. The Bertz CT molecular complexity index is 1330. The van der Waals surface area contributed by atoms with Crippen molar-refractivity contribution in [1.29, 1.82) is 0 Å². The van der Waals surface area contributed by atoms with Crippen LogP contribution in [0, 0.1) is 10.1 Å². The van der Waals surface area contributed by atoms with Crippen LogP contribution in [0.3, 0.4) is 0 Å². The smallest absolute Gasteiger partial charge is 0.343 e. The lowest BCUT2D eigenvalue weighted by Crippen LogP contribution is -2.19. The number of H-pyrrole nitrogens is 1. The number of hydrazone groups is 1. The summed E-state index contributed by atoms with van der Waals surface area (Å²) in [6, 6.07) is 19.2. The van der Waals surface area contributed by atoms with Crippen molar-refractivity contribution in [3.05, 3.63) is 94.0 Å². The maximum atomic E-state index is 12.2. The molecule has 4 aromatic rings. The number of fused-ring (bicyclic) bond motifs is 1. The van der Waals surface area contributed by atoms with Crippen LogP contribution in [0.25, 0.3) is 11.0 Å². The van der Waals surface area contributed by atoms with Crippen LogP contribution in [0.4, 0.5) is 5.69 Å². The Hall–Kier alpha value is -4.51. The van der Waals surface area contributed by atoms with Crippen LogP contribution in [0.2, 0.25) is 0 Å². The average molecular weight is 475 g/mol. The number of carbonyl (C=O) groups excluding carboxylic acids is 2. The van der Waals surface area contributed by atoms with Crippen LogP contribution in [-0.2, 0) is 4.79 Å². The molecule has 0 saturated heterocycles. The summed E-state index contributed by atoms with van der Waals surface area (Å²) in [4.78, 5) is 41.9. The number of nitro benzene ring substituents is 1. The van der Waals surface area contributed by atoms with Gasteiger partial charge in [0.05, 0.1) is 33.5 Å². The SMILES string of the molecule is O=C(CSc1nc2ccccc2[nH]1)N/N=C\c1ccc(OC(=O)c2ccc([N+](=O)[O-])cc2)cc1. The summed E-state index contributed by atoms with van der Waals surface area (Å²) in [6.07, 6.45) is 1.46. The second-order valence-corrected chi connectivity index (χ2v) is 7.87. The molecule has 10 nitrogen and oxygen atoms in total. The summed E-state index contributed by atoms with van der Waals surface area (Å²) in [6.45, 7) is 0. The molecule has 3 aromatic carbocycles. The number of esters is 1. The molecule has 0 radical (unpaired) electrons. The van der Waals surface area contributed by atoms with E-state index in [1.807, 2.05) is 24.3 Å². The van der Waals surface area contributed by atoms with Gasteiger partial charge in [0.15, 0.2) is 5.16 Å². The van der Waals surface area contributed by atoms with Gasteiger partial charge in [0.1, 0.15) is 5.75 Å². The van der Waals surface area contributed by atoms with Crippen molar-refractivity contribution in [2.75, 3.05) is 5.75 Å². The minimum Gasteiger partial charge on any atom is -0.423 e. The molecule has 2 N–H and O–H groups in total. The number of aromatic nitrogens is 2. The number of carbonyl (C=O) groups is 2. The number of rotatable bonds is 8.